The van der Waals surface area contributed by atoms with Crippen molar-refractivity contribution >= 4 is 28.8 Å². The largest absolute Gasteiger partial charge is 0.493 e. The van der Waals surface area contributed by atoms with Gasteiger partial charge in [-0.1, -0.05) is 24.3 Å². The summed E-state index contributed by atoms with van der Waals surface area (Å²) < 4.78 is 23.6. The highest BCUT2D eigenvalue weighted by Crippen LogP contribution is 2.32. The van der Waals surface area contributed by atoms with E-state index in [4.69, 9.17) is 18.6 Å². The Labute approximate surface area is 276 Å². The van der Waals surface area contributed by atoms with Crippen molar-refractivity contribution in [1.82, 2.24) is 20.5 Å². The molecule has 11 nitrogen and oxygen atoms in total. The number of carbonyl (C=O) groups excluding carboxylic acids is 3. The molecule has 4 aromatic carbocycles. The molecule has 1 aromatic heterocycles. The first-order chi connectivity index (χ1) is 23.2. The van der Waals surface area contributed by atoms with Gasteiger partial charge in [0.1, 0.15) is 17.4 Å². The maximum absolute atomic E-state index is 13.8. The van der Waals surface area contributed by atoms with Crippen LogP contribution >= 0.6 is 0 Å². The van der Waals surface area contributed by atoms with Gasteiger partial charge in [-0.05, 0) is 83.8 Å². The Hall–Kier alpha value is -5.84. The fourth-order valence-corrected chi connectivity index (χ4v) is 6.12. The maximum atomic E-state index is 13.8. The lowest BCUT2D eigenvalue weighted by molar-refractivity contribution is -0.123. The number of benzene rings is 4. The molecule has 4 heterocycles. The second-order valence-corrected chi connectivity index (χ2v) is 12.0. The zero-order valence-corrected chi connectivity index (χ0v) is 26.7. The number of carbonyl (C=O) groups is 3. The molecule has 0 radical (unpaired) electrons. The van der Waals surface area contributed by atoms with Crippen LogP contribution in [0.4, 0.5) is 0 Å². The molecule has 244 valence electrons. The number of hydrogen-bond donors (Lipinski definition) is 2. The molecule has 0 unspecified atom stereocenters. The number of oxazole rings is 1. The van der Waals surface area contributed by atoms with Crippen molar-refractivity contribution in [3.8, 4) is 28.4 Å². The van der Waals surface area contributed by atoms with Crippen LogP contribution in [0.15, 0.2) is 83.3 Å². The highest BCUT2D eigenvalue weighted by atomic mass is 16.5. The van der Waals surface area contributed by atoms with Crippen LogP contribution in [0.1, 0.15) is 37.7 Å². The van der Waals surface area contributed by atoms with Gasteiger partial charge in [0.15, 0.2) is 29.6 Å². The van der Waals surface area contributed by atoms with Gasteiger partial charge in [0.2, 0.25) is 0 Å². The molecule has 5 aromatic rings. The molecule has 3 amide bonds. The Morgan fingerprint density at radius 1 is 0.958 bits per heavy atom. The molecular weight excluding hydrogens is 612 g/mol. The molecule has 2 atom stereocenters. The van der Waals surface area contributed by atoms with Crippen molar-refractivity contribution in [3.05, 3.63) is 107 Å². The van der Waals surface area contributed by atoms with Gasteiger partial charge < -0.3 is 34.2 Å². The smallest absolute Gasteiger partial charge is 0.258 e. The van der Waals surface area contributed by atoms with Crippen LogP contribution in [0.25, 0.3) is 22.2 Å². The number of rotatable bonds is 2. The quantitative estimate of drug-likeness (QED) is 0.279. The average Bonchev–Trinajstić information content (AvgIpc) is 3.67. The van der Waals surface area contributed by atoms with E-state index < -0.39 is 12.1 Å². The number of nitrogens with zero attached hydrogens (tertiary/aromatic N) is 2. The molecule has 0 spiro atoms. The van der Waals surface area contributed by atoms with Gasteiger partial charge in [0.25, 0.3) is 17.7 Å². The standard InChI is InChI=1S/C37H34N4O7/c1-21-7-9-25-15-28(21)24-5-4-6-27(14-24)46-20-35(42)38-17-23-8-12-31(33(13-23)45-3)48-34-19-41(18-30(34)40-36(25)43)37(44)26-10-11-29-32(16-26)47-22(2)39-29/h4-16,30,34H,17-20H2,1-3H3,(H,38,42)(H,40,43)/t30-,34-/m0/s1. The summed E-state index contributed by atoms with van der Waals surface area (Å²) in [4.78, 5) is 46.3. The lowest BCUT2D eigenvalue weighted by Gasteiger charge is -2.23. The summed E-state index contributed by atoms with van der Waals surface area (Å²) in [6, 6.07) is 22.9. The van der Waals surface area contributed by atoms with Gasteiger partial charge in [0, 0.05) is 31.1 Å². The van der Waals surface area contributed by atoms with Crippen molar-refractivity contribution in [2.24, 2.45) is 0 Å². The first kappa shape index (κ1) is 30.8. The Balaban J connectivity index is 1.23. The van der Waals surface area contributed by atoms with E-state index in [1.807, 2.05) is 43.3 Å². The topological polar surface area (TPSA) is 132 Å². The zero-order valence-electron chi connectivity index (χ0n) is 26.7. The Morgan fingerprint density at radius 3 is 2.69 bits per heavy atom. The number of likely N-dealkylation sites (tertiary alicyclic amines) is 1. The van der Waals surface area contributed by atoms with Gasteiger partial charge in [-0.15, -0.1) is 0 Å². The summed E-state index contributed by atoms with van der Waals surface area (Å²) in [5.74, 6) is 1.14. The molecule has 0 saturated carbocycles. The summed E-state index contributed by atoms with van der Waals surface area (Å²) in [7, 11) is 1.53. The summed E-state index contributed by atoms with van der Waals surface area (Å²) >= 11 is 0. The van der Waals surface area contributed by atoms with Crippen LogP contribution < -0.4 is 24.8 Å². The summed E-state index contributed by atoms with van der Waals surface area (Å²) in [6.07, 6.45) is -0.599. The van der Waals surface area contributed by atoms with Gasteiger partial charge in [-0.3, -0.25) is 14.4 Å². The lowest BCUT2D eigenvalue weighted by atomic mass is 9.97. The van der Waals surface area contributed by atoms with Crippen molar-refractivity contribution in [3.63, 3.8) is 0 Å². The number of aromatic nitrogens is 1. The second-order valence-electron chi connectivity index (χ2n) is 12.0. The predicted molar refractivity (Wildman–Crippen MR) is 177 cm³/mol. The number of fused-ring (bicyclic) bond motifs is 8. The molecule has 0 aliphatic carbocycles. The normalized spacial score (nSPS) is 17.9. The monoisotopic (exact) mass is 646 g/mol. The van der Waals surface area contributed by atoms with E-state index in [0.717, 1.165) is 22.3 Å². The Morgan fingerprint density at radius 2 is 1.83 bits per heavy atom. The minimum Gasteiger partial charge on any atom is -0.493 e. The molecule has 3 aliphatic heterocycles. The highest BCUT2D eigenvalue weighted by Gasteiger charge is 2.39. The van der Waals surface area contributed by atoms with Crippen molar-refractivity contribution < 1.29 is 33.0 Å². The van der Waals surface area contributed by atoms with E-state index in [1.54, 1.807) is 54.3 Å². The first-order valence-corrected chi connectivity index (χ1v) is 15.7. The molecular formula is C37H34N4O7. The van der Waals surface area contributed by atoms with Gasteiger partial charge in [-0.25, -0.2) is 4.98 Å². The van der Waals surface area contributed by atoms with Crippen LogP contribution in [0.3, 0.4) is 0 Å². The molecule has 1 fully saturated rings. The summed E-state index contributed by atoms with van der Waals surface area (Å²) in [5, 5.41) is 6.02. The van der Waals surface area contributed by atoms with Crippen molar-refractivity contribution in [2.75, 3.05) is 26.8 Å². The summed E-state index contributed by atoms with van der Waals surface area (Å²) in [5.41, 5.74) is 5.56. The van der Waals surface area contributed by atoms with E-state index in [-0.39, 0.29) is 44.0 Å². The predicted octanol–water partition coefficient (Wildman–Crippen LogP) is 4.83. The number of nitrogens with one attached hydrogen (secondary N) is 2. The minimum atomic E-state index is -0.599. The number of ether oxygens (including phenoxy) is 3. The highest BCUT2D eigenvalue weighted by molar-refractivity contribution is 5.98. The zero-order chi connectivity index (χ0) is 33.4. The van der Waals surface area contributed by atoms with Crippen LogP contribution in [-0.4, -0.2) is 66.6 Å². The van der Waals surface area contributed by atoms with Crippen LogP contribution in [0.2, 0.25) is 0 Å². The third-order valence-corrected chi connectivity index (χ3v) is 8.62. The molecule has 11 heteroatoms. The van der Waals surface area contributed by atoms with E-state index in [9.17, 15) is 14.4 Å². The SMILES string of the molecule is COc1cc2ccc1O[C@H]1CN(C(=O)c3ccc4nc(C)oc4c3)C[C@@H]1NC(=O)c1ccc(C)c(c1)-c1cccc(c1)OCC(=O)NC2. The minimum absolute atomic E-state index is 0.159. The number of amides is 3. The van der Waals surface area contributed by atoms with E-state index in [1.165, 1.54) is 7.11 Å². The maximum Gasteiger partial charge on any atom is 0.258 e. The van der Waals surface area contributed by atoms with E-state index in [0.29, 0.717) is 45.4 Å². The van der Waals surface area contributed by atoms with E-state index in [2.05, 4.69) is 15.6 Å². The fourth-order valence-electron chi connectivity index (χ4n) is 6.12. The third kappa shape index (κ3) is 6.26. The third-order valence-electron chi connectivity index (χ3n) is 8.62. The number of aryl methyl sites for hydroxylation is 2. The van der Waals surface area contributed by atoms with Gasteiger partial charge in [0.05, 0.1) is 19.7 Å². The number of methoxy groups -OCH3 is 1. The molecule has 2 N–H and O–H groups in total. The first-order valence-electron chi connectivity index (χ1n) is 15.7. The van der Waals surface area contributed by atoms with Crippen molar-refractivity contribution in [1.29, 1.82) is 0 Å². The average molecular weight is 647 g/mol. The molecule has 3 aliphatic rings. The lowest BCUT2D eigenvalue weighted by Crippen LogP contribution is -2.45. The van der Waals surface area contributed by atoms with Gasteiger partial charge in [-0.2, -0.15) is 0 Å². The molecule has 48 heavy (non-hydrogen) atoms. The Bertz CT molecular complexity index is 2060. The summed E-state index contributed by atoms with van der Waals surface area (Å²) in [6.45, 7) is 4.25. The fraction of sp³-hybridized carbons (Fsp3) is 0.243. The van der Waals surface area contributed by atoms with Crippen molar-refractivity contribution in [2.45, 2.75) is 32.5 Å². The van der Waals surface area contributed by atoms with Crippen LogP contribution in [0, 0.1) is 13.8 Å². The van der Waals surface area contributed by atoms with Crippen LogP contribution in [-0.2, 0) is 11.3 Å². The molecule has 1 saturated heterocycles. The number of hydrogen-bond acceptors (Lipinski definition) is 8. The molecule has 8 rings (SSSR count). The molecule has 6 bridgehead atoms. The Kier molecular flexibility index (Phi) is 8.18. The second kappa shape index (κ2) is 12.7. The van der Waals surface area contributed by atoms with E-state index >= 15 is 0 Å². The van der Waals surface area contributed by atoms with Gasteiger partial charge >= 0.3 is 0 Å². The van der Waals surface area contributed by atoms with Crippen LogP contribution in [0.5, 0.6) is 17.2 Å².